The highest BCUT2D eigenvalue weighted by atomic mass is 16.6. The smallest absolute Gasteiger partial charge is 0.269 e. The highest BCUT2D eigenvalue weighted by Gasteiger charge is 2.21. The lowest BCUT2D eigenvalue weighted by molar-refractivity contribution is -0.384. The van der Waals surface area contributed by atoms with Crippen molar-refractivity contribution in [1.29, 1.82) is 0 Å². The van der Waals surface area contributed by atoms with E-state index in [-0.39, 0.29) is 40.0 Å². The summed E-state index contributed by atoms with van der Waals surface area (Å²) in [4.78, 5) is 10.1. The number of aromatic hydroxyl groups is 3. The summed E-state index contributed by atoms with van der Waals surface area (Å²) in [5.74, 6) is -0.977. The van der Waals surface area contributed by atoms with Crippen molar-refractivity contribution in [2.24, 2.45) is 0 Å². The van der Waals surface area contributed by atoms with Gasteiger partial charge in [0.1, 0.15) is 17.2 Å². The van der Waals surface area contributed by atoms with Crippen LogP contribution < -0.4 is 0 Å². The van der Waals surface area contributed by atoms with Crippen molar-refractivity contribution in [1.82, 2.24) is 0 Å². The fraction of sp³-hybridized carbons (Fsp3) is 0.200. The summed E-state index contributed by atoms with van der Waals surface area (Å²) >= 11 is 0. The van der Waals surface area contributed by atoms with E-state index >= 15 is 0 Å². The summed E-state index contributed by atoms with van der Waals surface area (Å²) in [6.45, 7) is 3.29. The van der Waals surface area contributed by atoms with E-state index < -0.39 is 4.92 Å². The van der Waals surface area contributed by atoms with Crippen LogP contribution in [-0.2, 0) is 0 Å². The standard InChI is InChI=1S/C15H15NO5/c1-8(10-3-5-11(6-4-10)16(20)21)14-13(18)7-12(17)9(2)15(14)19/h3-8,17-19H,1-2H3. The van der Waals surface area contributed by atoms with Gasteiger partial charge in [-0.15, -0.1) is 0 Å². The van der Waals surface area contributed by atoms with Gasteiger partial charge in [0, 0.05) is 35.2 Å². The molecule has 0 aliphatic rings. The lowest BCUT2D eigenvalue weighted by Gasteiger charge is -2.17. The second kappa shape index (κ2) is 5.32. The van der Waals surface area contributed by atoms with Crippen LogP contribution in [0.25, 0.3) is 0 Å². The maximum atomic E-state index is 10.6. The molecule has 6 heteroatoms. The monoisotopic (exact) mass is 289 g/mol. The predicted octanol–water partition coefficient (Wildman–Crippen LogP) is 3.17. The molecule has 0 aliphatic heterocycles. The summed E-state index contributed by atoms with van der Waals surface area (Å²) in [5, 5.41) is 40.2. The van der Waals surface area contributed by atoms with Crippen molar-refractivity contribution in [2.75, 3.05) is 0 Å². The van der Waals surface area contributed by atoms with Gasteiger partial charge in [0.2, 0.25) is 0 Å². The molecule has 110 valence electrons. The number of hydrogen-bond donors (Lipinski definition) is 3. The number of hydrogen-bond acceptors (Lipinski definition) is 5. The zero-order valence-electron chi connectivity index (χ0n) is 11.6. The minimum atomic E-state index is -0.492. The number of benzene rings is 2. The third-order valence-corrected chi connectivity index (χ3v) is 3.58. The fourth-order valence-electron chi connectivity index (χ4n) is 2.24. The normalized spacial score (nSPS) is 12.1. The number of phenolic OH excluding ortho intramolecular Hbond substituents is 3. The summed E-state index contributed by atoms with van der Waals surface area (Å²) in [6.07, 6.45) is 0. The molecule has 0 saturated carbocycles. The molecule has 0 aliphatic carbocycles. The van der Waals surface area contributed by atoms with E-state index in [2.05, 4.69) is 0 Å². The average molecular weight is 289 g/mol. The Labute approximate surface area is 121 Å². The second-order valence-electron chi connectivity index (χ2n) is 4.87. The Morgan fingerprint density at radius 3 is 2.19 bits per heavy atom. The van der Waals surface area contributed by atoms with Crippen LogP contribution in [0.3, 0.4) is 0 Å². The van der Waals surface area contributed by atoms with Gasteiger partial charge in [-0.1, -0.05) is 19.1 Å². The molecule has 0 aromatic heterocycles. The van der Waals surface area contributed by atoms with Gasteiger partial charge in [0.25, 0.3) is 5.69 Å². The molecule has 0 radical (unpaired) electrons. The second-order valence-corrected chi connectivity index (χ2v) is 4.87. The van der Waals surface area contributed by atoms with Crippen molar-refractivity contribution >= 4 is 5.69 Å². The third kappa shape index (κ3) is 2.60. The molecule has 1 unspecified atom stereocenters. The first-order chi connectivity index (χ1) is 9.82. The van der Waals surface area contributed by atoms with Crippen LogP contribution in [0.2, 0.25) is 0 Å². The van der Waals surface area contributed by atoms with Gasteiger partial charge in [-0.05, 0) is 12.5 Å². The summed E-state index contributed by atoms with van der Waals surface area (Å²) in [6, 6.07) is 7.06. The highest BCUT2D eigenvalue weighted by molar-refractivity contribution is 5.58. The van der Waals surface area contributed by atoms with E-state index in [9.17, 15) is 25.4 Å². The SMILES string of the molecule is Cc1c(O)cc(O)c(C(C)c2ccc([N+](=O)[O-])cc2)c1O. The molecule has 0 saturated heterocycles. The summed E-state index contributed by atoms with van der Waals surface area (Å²) in [7, 11) is 0. The Bertz CT molecular complexity index is 694. The Kier molecular flexibility index (Phi) is 3.71. The van der Waals surface area contributed by atoms with E-state index in [0.717, 1.165) is 0 Å². The van der Waals surface area contributed by atoms with Crippen LogP contribution in [0, 0.1) is 17.0 Å². The molecule has 0 fully saturated rings. The fourth-order valence-corrected chi connectivity index (χ4v) is 2.24. The zero-order valence-corrected chi connectivity index (χ0v) is 11.6. The number of nitro benzene ring substituents is 1. The zero-order chi connectivity index (χ0) is 15.7. The van der Waals surface area contributed by atoms with Gasteiger partial charge < -0.3 is 15.3 Å². The van der Waals surface area contributed by atoms with Gasteiger partial charge in [-0.25, -0.2) is 0 Å². The lowest BCUT2D eigenvalue weighted by atomic mass is 9.90. The van der Waals surface area contributed by atoms with Gasteiger partial charge >= 0.3 is 0 Å². The Morgan fingerprint density at radius 1 is 1.10 bits per heavy atom. The molecule has 6 nitrogen and oxygen atoms in total. The third-order valence-electron chi connectivity index (χ3n) is 3.58. The number of phenols is 3. The maximum absolute atomic E-state index is 10.6. The summed E-state index contributed by atoms with van der Waals surface area (Å²) < 4.78 is 0. The molecule has 3 N–H and O–H groups in total. The first-order valence-corrected chi connectivity index (χ1v) is 6.31. The average Bonchev–Trinajstić information content (AvgIpc) is 2.45. The Balaban J connectivity index is 2.47. The summed E-state index contributed by atoms with van der Waals surface area (Å²) in [5.41, 5.74) is 1.23. The quantitative estimate of drug-likeness (QED) is 0.594. The molecule has 21 heavy (non-hydrogen) atoms. The van der Waals surface area contributed by atoms with Gasteiger partial charge in [-0.3, -0.25) is 10.1 Å². The van der Waals surface area contributed by atoms with E-state index in [0.29, 0.717) is 5.56 Å². The minimum absolute atomic E-state index is 0.0266. The Morgan fingerprint density at radius 2 is 1.67 bits per heavy atom. The highest BCUT2D eigenvalue weighted by Crippen LogP contribution is 2.43. The van der Waals surface area contributed by atoms with Crippen LogP contribution in [0.5, 0.6) is 17.2 Å². The number of non-ortho nitro benzene ring substituents is 1. The van der Waals surface area contributed by atoms with E-state index in [1.807, 2.05) is 0 Å². The first-order valence-electron chi connectivity index (χ1n) is 6.31. The maximum Gasteiger partial charge on any atom is 0.269 e. The van der Waals surface area contributed by atoms with E-state index in [1.165, 1.54) is 25.1 Å². The number of nitro groups is 1. The van der Waals surface area contributed by atoms with Gasteiger partial charge in [-0.2, -0.15) is 0 Å². The van der Waals surface area contributed by atoms with Crippen LogP contribution in [0.4, 0.5) is 5.69 Å². The van der Waals surface area contributed by atoms with Crippen LogP contribution in [0.15, 0.2) is 30.3 Å². The molecule has 2 rings (SSSR count). The van der Waals surface area contributed by atoms with Crippen LogP contribution in [0.1, 0.15) is 29.5 Å². The molecular formula is C15H15NO5. The minimum Gasteiger partial charge on any atom is -0.507 e. The van der Waals surface area contributed by atoms with Crippen LogP contribution in [-0.4, -0.2) is 20.2 Å². The number of nitrogens with zero attached hydrogens (tertiary/aromatic N) is 1. The molecule has 0 amide bonds. The molecule has 0 spiro atoms. The number of rotatable bonds is 3. The predicted molar refractivity (Wildman–Crippen MR) is 76.8 cm³/mol. The molecular weight excluding hydrogens is 274 g/mol. The molecule has 2 aromatic carbocycles. The van der Waals surface area contributed by atoms with Gasteiger partial charge in [0.05, 0.1) is 4.92 Å². The molecule has 0 heterocycles. The molecule has 0 bridgehead atoms. The Hall–Kier alpha value is -2.76. The van der Waals surface area contributed by atoms with Crippen molar-refractivity contribution in [3.63, 3.8) is 0 Å². The van der Waals surface area contributed by atoms with Crippen molar-refractivity contribution in [2.45, 2.75) is 19.8 Å². The van der Waals surface area contributed by atoms with E-state index in [1.54, 1.807) is 19.1 Å². The van der Waals surface area contributed by atoms with Crippen LogP contribution >= 0.6 is 0 Å². The van der Waals surface area contributed by atoms with Gasteiger partial charge in [0.15, 0.2) is 0 Å². The lowest BCUT2D eigenvalue weighted by Crippen LogP contribution is -1.99. The van der Waals surface area contributed by atoms with Crippen molar-refractivity contribution < 1.29 is 20.2 Å². The van der Waals surface area contributed by atoms with Crippen molar-refractivity contribution in [3.8, 4) is 17.2 Å². The van der Waals surface area contributed by atoms with E-state index in [4.69, 9.17) is 0 Å². The van der Waals surface area contributed by atoms with Crippen molar-refractivity contribution in [3.05, 3.63) is 57.1 Å². The molecule has 2 aromatic rings. The first kappa shape index (κ1) is 14.6. The molecule has 1 atom stereocenters. The largest absolute Gasteiger partial charge is 0.507 e. The topological polar surface area (TPSA) is 104 Å².